The van der Waals surface area contributed by atoms with Crippen molar-refractivity contribution in [2.45, 2.75) is 11.8 Å². The molecule has 0 radical (unpaired) electrons. The van der Waals surface area contributed by atoms with Crippen molar-refractivity contribution >= 4 is 21.6 Å². The molecular formula is C20H21FN4O4S. The summed E-state index contributed by atoms with van der Waals surface area (Å²) >= 11 is 0. The number of halogens is 1. The lowest BCUT2D eigenvalue weighted by atomic mass is 10.3. The average Bonchev–Trinajstić information content (AvgIpc) is 3.19. The van der Waals surface area contributed by atoms with Crippen LogP contribution in [0.25, 0.3) is 5.69 Å². The minimum Gasteiger partial charge on any atom is -0.492 e. The van der Waals surface area contributed by atoms with Crippen molar-refractivity contribution in [2.24, 2.45) is 0 Å². The van der Waals surface area contributed by atoms with Gasteiger partial charge in [0.2, 0.25) is 10.0 Å². The Kier molecular flexibility index (Phi) is 6.18. The van der Waals surface area contributed by atoms with E-state index in [1.807, 2.05) is 0 Å². The van der Waals surface area contributed by atoms with E-state index in [1.54, 1.807) is 19.1 Å². The van der Waals surface area contributed by atoms with E-state index in [9.17, 15) is 17.6 Å². The topological polar surface area (TPSA) is 93.5 Å². The first-order valence-corrected chi connectivity index (χ1v) is 10.5. The van der Waals surface area contributed by atoms with E-state index in [4.69, 9.17) is 4.74 Å². The zero-order chi connectivity index (χ0) is 21.9. The molecule has 10 heteroatoms. The number of amides is 1. The maximum Gasteiger partial charge on any atom is 0.276 e. The lowest BCUT2D eigenvalue weighted by Gasteiger charge is -2.16. The van der Waals surface area contributed by atoms with Crippen molar-refractivity contribution in [1.82, 2.24) is 14.1 Å². The van der Waals surface area contributed by atoms with Gasteiger partial charge in [0.05, 0.1) is 6.61 Å². The SMILES string of the molecule is CCOc1ccc(NC(=O)c2ccn(-c3ccccc3F)n2)cc1S(=O)(=O)N(C)C. The highest BCUT2D eigenvalue weighted by atomic mass is 32.2. The molecule has 1 amide bonds. The van der Waals surface area contributed by atoms with Crippen LogP contribution in [0.15, 0.2) is 59.6 Å². The van der Waals surface area contributed by atoms with Crippen LogP contribution in [0.5, 0.6) is 5.75 Å². The first kappa shape index (κ1) is 21.5. The molecule has 0 unspecified atom stereocenters. The van der Waals surface area contributed by atoms with Crippen LogP contribution in [-0.2, 0) is 10.0 Å². The molecule has 1 heterocycles. The molecule has 0 saturated heterocycles. The van der Waals surface area contributed by atoms with Gasteiger partial charge in [-0.25, -0.2) is 21.8 Å². The first-order valence-electron chi connectivity index (χ1n) is 9.05. The van der Waals surface area contributed by atoms with Crippen LogP contribution in [0, 0.1) is 5.82 Å². The van der Waals surface area contributed by atoms with Gasteiger partial charge in [-0.15, -0.1) is 0 Å². The largest absolute Gasteiger partial charge is 0.492 e. The third kappa shape index (κ3) is 4.34. The van der Waals surface area contributed by atoms with Gasteiger partial charge in [0.15, 0.2) is 5.69 Å². The number of hydrogen-bond donors (Lipinski definition) is 1. The molecule has 8 nitrogen and oxygen atoms in total. The van der Waals surface area contributed by atoms with E-state index in [-0.39, 0.29) is 34.3 Å². The summed E-state index contributed by atoms with van der Waals surface area (Å²) < 4.78 is 46.9. The molecule has 0 aliphatic rings. The van der Waals surface area contributed by atoms with Crippen LogP contribution in [-0.4, -0.2) is 49.1 Å². The average molecular weight is 432 g/mol. The fourth-order valence-electron chi connectivity index (χ4n) is 2.67. The van der Waals surface area contributed by atoms with Crippen molar-refractivity contribution in [3.8, 4) is 11.4 Å². The lowest BCUT2D eigenvalue weighted by Crippen LogP contribution is -2.23. The molecule has 2 aromatic carbocycles. The molecule has 0 aliphatic carbocycles. The Morgan fingerprint density at radius 3 is 2.60 bits per heavy atom. The zero-order valence-electron chi connectivity index (χ0n) is 16.7. The Morgan fingerprint density at radius 1 is 1.20 bits per heavy atom. The fourth-order valence-corrected chi connectivity index (χ4v) is 3.72. The molecule has 0 saturated carbocycles. The van der Waals surface area contributed by atoms with Gasteiger partial charge >= 0.3 is 0 Å². The maximum absolute atomic E-state index is 13.9. The number of nitrogens with zero attached hydrogens (tertiary/aromatic N) is 3. The van der Waals surface area contributed by atoms with Gasteiger partial charge in [-0.1, -0.05) is 12.1 Å². The summed E-state index contributed by atoms with van der Waals surface area (Å²) in [6.07, 6.45) is 1.47. The summed E-state index contributed by atoms with van der Waals surface area (Å²) in [4.78, 5) is 12.5. The highest BCUT2D eigenvalue weighted by Gasteiger charge is 2.23. The van der Waals surface area contributed by atoms with Crippen molar-refractivity contribution in [2.75, 3.05) is 26.0 Å². The van der Waals surface area contributed by atoms with Gasteiger partial charge in [-0.05, 0) is 43.3 Å². The van der Waals surface area contributed by atoms with E-state index < -0.39 is 21.7 Å². The van der Waals surface area contributed by atoms with E-state index in [1.165, 1.54) is 61.4 Å². The van der Waals surface area contributed by atoms with Gasteiger partial charge in [0.25, 0.3) is 5.91 Å². The minimum absolute atomic E-state index is 0.0455. The lowest BCUT2D eigenvalue weighted by molar-refractivity contribution is 0.102. The molecule has 0 fully saturated rings. The van der Waals surface area contributed by atoms with Crippen LogP contribution in [0.4, 0.5) is 10.1 Å². The summed E-state index contributed by atoms with van der Waals surface area (Å²) in [5.41, 5.74) is 0.505. The summed E-state index contributed by atoms with van der Waals surface area (Å²) in [6, 6.07) is 11.8. The predicted octanol–water partition coefficient (Wildman–Crippen LogP) is 2.91. The zero-order valence-corrected chi connectivity index (χ0v) is 17.5. The second-order valence-electron chi connectivity index (χ2n) is 6.43. The van der Waals surface area contributed by atoms with Crippen LogP contribution in [0.2, 0.25) is 0 Å². The van der Waals surface area contributed by atoms with Crippen LogP contribution >= 0.6 is 0 Å². The Hall–Kier alpha value is -3.24. The minimum atomic E-state index is -3.79. The number of para-hydroxylation sites is 1. The number of benzene rings is 2. The number of ether oxygens (including phenoxy) is 1. The molecule has 0 aliphatic heterocycles. The van der Waals surface area contributed by atoms with E-state index in [0.29, 0.717) is 0 Å². The Labute approximate surface area is 173 Å². The molecule has 3 rings (SSSR count). The van der Waals surface area contributed by atoms with Crippen LogP contribution < -0.4 is 10.1 Å². The Bertz CT molecular complexity index is 1180. The van der Waals surface area contributed by atoms with Crippen molar-refractivity contribution < 1.29 is 22.3 Å². The molecule has 158 valence electrons. The molecule has 0 bridgehead atoms. The summed E-state index contributed by atoms with van der Waals surface area (Å²) in [5, 5.41) is 6.71. The first-order chi connectivity index (χ1) is 14.2. The summed E-state index contributed by atoms with van der Waals surface area (Å²) in [7, 11) is -0.977. The van der Waals surface area contributed by atoms with Crippen LogP contribution in [0.1, 0.15) is 17.4 Å². The molecule has 0 spiro atoms. The number of rotatable bonds is 7. The smallest absolute Gasteiger partial charge is 0.276 e. The van der Waals surface area contributed by atoms with Gasteiger partial charge in [0, 0.05) is 26.0 Å². The molecular weight excluding hydrogens is 411 g/mol. The number of carbonyl (C=O) groups is 1. The third-order valence-corrected chi connectivity index (χ3v) is 6.02. The number of hydrogen-bond acceptors (Lipinski definition) is 5. The van der Waals surface area contributed by atoms with Gasteiger partial charge < -0.3 is 10.1 Å². The normalized spacial score (nSPS) is 11.5. The summed E-state index contributed by atoms with van der Waals surface area (Å²) in [5.74, 6) is -0.854. The van der Waals surface area contributed by atoms with E-state index in [0.717, 1.165) is 4.31 Å². The highest BCUT2D eigenvalue weighted by Crippen LogP contribution is 2.29. The number of nitrogens with one attached hydrogen (secondary N) is 1. The summed E-state index contributed by atoms with van der Waals surface area (Å²) in [6.45, 7) is 2.03. The number of anilines is 1. The maximum atomic E-state index is 13.9. The Balaban J connectivity index is 1.88. The molecule has 30 heavy (non-hydrogen) atoms. The monoisotopic (exact) mass is 432 g/mol. The quantitative estimate of drug-likeness (QED) is 0.620. The van der Waals surface area contributed by atoms with Gasteiger partial charge in [0.1, 0.15) is 22.1 Å². The van der Waals surface area contributed by atoms with Crippen molar-refractivity contribution in [1.29, 1.82) is 0 Å². The van der Waals surface area contributed by atoms with E-state index >= 15 is 0 Å². The van der Waals surface area contributed by atoms with E-state index in [2.05, 4.69) is 10.4 Å². The Morgan fingerprint density at radius 2 is 1.93 bits per heavy atom. The second kappa shape index (κ2) is 8.64. The fraction of sp³-hybridized carbons (Fsp3) is 0.200. The van der Waals surface area contributed by atoms with Gasteiger partial charge in [-0.2, -0.15) is 5.10 Å². The predicted molar refractivity (Wildman–Crippen MR) is 110 cm³/mol. The number of aromatic nitrogens is 2. The van der Waals surface area contributed by atoms with Gasteiger partial charge in [-0.3, -0.25) is 4.79 Å². The molecule has 0 atom stereocenters. The number of sulfonamides is 1. The highest BCUT2D eigenvalue weighted by molar-refractivity contribution is 7.89. The van der Waals surface area contributed by atoms with Crippen molar-refractivity contribution in [3.05, 3.63) is 66.2 Å². The molecule has 1 N–H and O–H groups in total. The van der Waals surface area contributed by atoms with Crippen LogP contribution in [0.3, 0.4) is 0 Å². The third-order valence-electron chi connectivity index (χ3n) is 4.18. The molecule has 1 aromatic heterocycles. The molecule has 3 aromatic rings. The van der Waals surface area contributed by atoms with Crippen molar-refractivity contribution in [3.63, 3.8) is 0 Å². The number of carbonyl (C=O) groups excluding carboxylic acids is 1. The standard InChI is InChI=1S/C20H21FN4O4S/c1-4-29-18-10-9-14(13-19(18)30(27,28)24(2)3)22-20(26)16-11-12-25(23-16)17-8-6-5-7-15(17)21/h5-13H,4H2,1-3H3,(H,22,26). The second-order valence-corrected chi connectivity index (χ2v) is 8.55.